The number of aromatic nitrogens is 2. The van der Waals surface area contributed by atoms with Gasteiger partial charge in [-0.2, -0.15) is 9.97 Å². The van der Waals surface area contributed by atoms with Gasteiger partial charge in [0.25, 0.3) is 10.0 Å². The molecule has 0 aromatic carbocycles. The van der Waals surface area contributed by atoms with E-state index in [0.717, 1.165) is 0 Å². The zero-order valence-corrected chi connectivity index (χ0v) is 15.0. The second-order valence-corrected chi connectivity index (χ2v) is 7.34. The minimum Gasteiger partial charge on any atom is -0.481 e. The lowest BCUT2D eigenvalue weighted by atomic mass is 10.3. The van der Waals surface area contributed by atoms with E-state index in [1.165, 1.54) is 31.6 Å². The van der Waals surface area contributed by atoms with Crippen molar-refractivity contribution in [1.82, 2.24) is 14.7 Å². The van der Waals surface area contributed by atoms with Crippen LogP contribution in [0.1, 0.15) is 10.4 Å². The average molecular weight is 372 g/mol. The topological polar surface area (TPSA) is 120 Å². The first-order valence-corrected chi connectivity index (χ1v) is 8.98. The summed E-state index contributed by atoms with van der Waals surface area (Å²) in [5, 5.41) is 3.95. The zero-order valence-electron chi connectivity index (χ0n) is 13.4. The molecule has 9 nitrogen and oxygen atoms in total. The molecule has 11 heteroatoms. The molecule has 0 fully saturated rings. The normalized spacial score (nSPS) is 11.0. The van der Waals surface area contributed by atoms with Crippen LogP contribution in [0.4, 0.5) is 10.7 Å². The number of amides is 2. The fourth-order valence-electron chi connectivity index (χ4n) is 1.93. The summed E-state index contributed by atoms with van der Waals surface area (Å²) in [6.07, 6.45) is 0. The lowest BCUT2D eigenvalue weighted by Gasteiger charge is -2.10. The van der Waals surface area contributed by atoms with Gasteiger partial charge in [-0.15, -0.1) is 11.3 Å². The van der Waals surface area contributed by atoms with Crippen LogP contribution < -0.4 is 19.5 Å². The first-order chi connectivity index (χ1) is 11.3. The number of sulfonamides is 1. The van der Waals surface area contributed by atoms with Gasteiger partial charge in [0.15, 0.2) is 0 Å². The summed E-state index contributed by atoms with van der Waals surface area (Å²) in [6, 6.07) is 0.424. The first kappa shape index (κ1) is 17.9. The van der Waals surface area contributed by atoms with Crippen LogP contribution in [0.3, 0.4) is 0 Å². The van der Waals surface area contributed by atoms with Crippen molar-refractivity contribution in [2.75, 3.05) is 19.5 Å². The summed E-state index contributed by atoms with van der Waals surface area (Å²) in [7, 11) is -1.22. The Morgan fingerprint density at radius 2 is 1.75 bits per heavy atom. The molecule has 0 unspecified atom stereocenters. The predicted octanol–water partition coefficient (Wildman–Crippen LogP) is 1.68. The van der Waals surface area contributed by atoms with Gasteiger partial charge in [-0.25, -0.2) is 17.9 Å². The van der Waals surface area contributed by atoms with Crippen LogP contribution in [-0.4, -0.2) is 38.6 Å². The number of ether oxygens (including phenoxy) is 2. The Balaban J connectivity index is 2.19. The lowest BCUT2D eigenvalue weighted by molar-refractivity contribution is 0.256. The van der Waals surface area contributed by atoms with E-state index in [1.54, 1.807) is 19.2 Å². The number of rotatable bonds is 5. The summed E-state index contributed by atoms with van der Waals surface area (Å²) in [5.74, 6) is 0.159. The van der Waals surface area contributed by atoms with Crippen molar-refractivity contribution < 1.29 is 22.7 Å². The number of hydrogen-bond donors (Lipinski definition) is 2. The van der Waals surface area contributed by atoms with Crippen molar-refractivity contribution >= 4 is 33.3 Å². The third kappa shape index (κ3) is 3.92. The van der Waals surface area contributed by atoms with Crippen molar-refractivity contribution in [1.29, 1.82) is 0 Å². The van der Waals surface area contributed by atoms with E-state index in [9.17, 15) is 13.2 Å². The molecule has 0 spiro atoms. The smallest absolute Gasteiger partial charge is 0.335 e. The van der Waals surface area contributed by atoms with E-state index in [0.29, 0.717) is 10.4 Å². The molecular weight excluding hydrogens is 356 g/mol. The van der Waals surface area contributed by atoms with Gasteiger partial charge >= 0.3 is 6.03 Å². The van der Waals surface area contributed by atoms with Gasteiger partial charge in [0, 0.05) is 4.88 Å². The van der Waals surface area contributed by atoms with Gasteiger partial charge in [-0.1, -0.05) is 0 Å². The molecule has 2 rings (SSSR count). The molecule has 2 aromatic heterocycles. The summed E-state index contributed by atoms with van der Waals surface area (Å²) in [6.45, 7) is 3.33. The molecular formula is C13H16N4O5S2. The molecule has 2 heterocycles. The molecule has 2 N–H and O–H groups in total. The fourth-order valence-corrected chi connectivity index (χ4v) is 4.48. The number of hydrogen-bond acceptors (Lipinski definition) is 8. The Kier molecular flexibility index (Phi) is 5.24. The highest BCUT2D eigenvalue weighted by molar-refractivity contribution is 7.90. The number of nitrogens with one attached hydrogen (secondary N) is 2. The maximum atomic E-state index is 12.3. The number of methoxy groups -OCH3 is 2. The van der Waals surface area contributed by atoms with Gasteiger partial charge in [-0.05, 0) is 24.8 Å². The molecule has 0 aliphatic rings. The van der Waals surface area contributed by atoms with Crippen LogP contribution in [0.25, 0.3) is 0 Å². The number of nitrogens with zero attached hydrogens (tertiary/aromatic N) is 2. The maximum Gasteiger partial charge on any atom is 0.335 e. The van der Waals surface area contributed by atoms with Crippen LogP contribution in [-0.2, 0) is 10.0 Å². The molecule has 0 saturated carbocycles. The second-order valence-electron chi connectivity index (χ2n) is 4.64. The molecule has 2 aromatic rings. The summed E-state index contributed by atoms with van der Waals surface area (Å²) < 4.78 is 36.5. The van der Waals surface area contributed by atoms with E-state index in [1.807, 2.05) is 4.72 Å². The summed E-state index contributed by atoms with van der Waals surface area (Å²) in [4.78, 5) is 20.4. The Labute approximate surface area is 143 Å². The molecule has 130 valence electrons. The molecule has 2 amide bonds. The third-order valence-electron chi connectivity index (χ3n) is 2.91. The number of aryl methyl sites for hydroxylation is 2. The van der Waals surface area contributed by atoms with E-state index in [-0.39, 0.29) is 22.6 Å². The van der Waals surface area contributed by atoms with Gasteiger partial charge in [0.1, 0.15) is 4.90 Å². The number of anilines is 1. The monoisotopic (exact) mass is 372 g/mol. The molecule has 24 heavy (non-hydrogen) atoms. The molecule has 0 radical (unpaired) electrons. The van der Waals surface area contributed by atoms with Gasteiger partial charge in [0.2, 0.25) is 17.7 Å². The maximum absolute atomic E-state index is 12.3. The predicted molar refractivity (Wildman–Crippen MR) is 88.3 cm³/mol. The SMILES string of the molecule is COc1cc(OC)nc(NC(=O)NS(=O)(=O)c2c(C)csc2C)n1. The quantitative estimate of drug-likeness (QED) is 0.819. The van der Waals surface area contributed by atoms with E-state index < -0.39 is 16.1 Å². The van der Waals surface area contributed by atoms with Crippen LogP contribution in [0.15, 0.2) is 16.3 Å². The first-order valence-electron chi connectivity index (χ1n) is 6.62. The van der Waals surface area contributed by atoms with Gasteiger partial charge < -0.3 is 9.47 Å². The van der Waals surface area contributed by atoms with E-state index in [4.69, 9.17) is 9.47 Å². The minimum atomic E-state index is -4.00. The highest BCUT2D eigenvalue weighted by atomic mass is 32.2. The van der Waals surface area contributed by atoms with Crippen molar-refractivity contribution in [3.63, 3.8) is 0 Å². The number of thiophene rings is 1. The van der Waals surface area contributed by atoms with Crippen molar-refractivity contribution in [2.24, 2.45) is 0 Å². The van der Waals surface area contributed by atoms with Crippen LogP contribution in [0.2, 0.25) is 0 Å². The highest BCUT2D eigenvalue weighted by Gasteiger charge is 2.24. The Hall–Kier alpha value is -2.40. The summed E-state index contributed by atoms with van der Waals surface area (Å²) >= 11 is 1.29. The van der Waals surface area contributed by atoms with E-state index >= 15 is 0 Å². The third-order valence-corrected chi connectivity index (χ3v) is 5.69. The Bertz CT molecular complexity index is 821. The molecule has 0 saturated heterocycles. The number of carbonyl (C=O) groups excluding carboxylic acids is 1. The molecule has 0 atom stereocenters. The largest absolute Gasteiger partial charge is 0.481 e. The average Bonchev–Trinajstić information content (AvgIpc) is 2.85. The van der Waals surface area contributed by atoms with Crippen molar-refractivity contribution in [3.8, 4) is 11.8 Å². The lowest BCUT2D eigenvalue weighted by Crippen LogP contribution is -2.35. The van der Waals surface area contributed by atoms with Gasteiger partial charge in [-0.3, -0.25) is 5.32 Å². The van der Waals surface area contributed by atoms with E-state index in [2.05, 4.69) is 15.3 Å². The van der Waals surface area contributed by atoms with Crippen molar-refractivity contribution in [2.45, 2.75) is 18.7 Å². The molecule has 0 aliphatic carbocycles. The Morgan fingerprint density at radius 3 is 2.21 bits per heavy atom. The fraction of sp³-hybridized carbons (Fsp3) is 0.308. The zero-order chi connectivity index (χ0) is 17.9. The summed E-state index contributed by atoms with van der Waals surface area (Å²) in [5.41, 5.74) is 0.567. The van der Waals surface area contributed by atoms with Crippen molar-refractivity contribution in [3.05, 3.63) is 21.9 Å². The minimum absolute atomic E-state index is 0.0896. The molecule has 0 aliphatic heterocycles. The van der Waals surface area contributed by atoms with Crippen LogP contribution >= 0.6 is 11.3 Å². The van der Waals surface area contributed by atoms with Crippen LogP contribution in [0, 0.1) is 13.8 Å². The number of urea groups is 1. The highest BCUT2D eigenvalue weighted by Crippen LogP contribution is 2.25. The Morgan fingerprint density at radius 1 is 1.17 bits per heavy atom. The second kappa shape index (κ2) is 7.01. The van der Waals surface area contributed by atoms with Gasteiger partial charge in [0.05, 0.1) is 20.3 Å². The standard InChI is InChI=1S/C13H16N4O5S2/c1-7-6-23-8(2)11(7)24(19,20)17-13(18)16-12-14-9(21-3)5-10(15-12)22-4/h5-6H,1-4H3,(H2,14,15,16,17,18). The number of carbonyl (C=O) groups is 1. The molecule has 0 bridgehead atoms. The van der Waals surface area contributed by atoms with Crippen LogP contribution in [0.5, 0.6) is 11.8 Å².